The van der Waals surface area contributed by atoms with Crippen LogP contribution in [0.15, 0.2) is 176 Å². The molecule has 12 rings (SSSR count). The second kappa shape index (κ2) is 11.0. The van der Waals surface area contributed by atoms with Crippen LogP contribution < -0.4 is 0 Å². The lowest BCUT2D eigenvalue weighted by atomic mass is 9.74. The molecule has 10 aromatic rings. The Bertz CT molecular complexity index is 3070. The zero-order valence-electron chi connectivity index (χ0n) is 29.3. The highest BCUT2D eigenvalue weighted by molar-refractivity contribution is 6.23. The van der Waals surface area contributed by atoms with Gasteiger partial charge in [-0.15, -0.1) is 0 Å². The maximum absolute atomic E-state index is 2.51. The summed E-state index contributed by atoms with van der Waals surface area (Å²) in [4.78, 5) is 0. The minimum absolute atomic E-state index is 0.286. The van der Waals surface area contributed by atoms with Gasteiger partial charge in [-0.3, -0.25) is 0 Å². The van der Waals surface area contributed by atoms with Crippen molar-refractivity contribution in [2.45, 2.75) is 24.7 Å². The summed E-state index contributed by atoms with van der Waals surface area (Å²) in [6.07, 6.45) is 2.01. The molecule has 1 nitrogen and oxygen atoms in total. The highest BCUT2D eigenvalue weighted by Gasteiger charge is 2.29. The third-order valence-corrected chi connectivity index (χ3v) is 12.5. The summed E-state index contributed by atoms with van der Waals surface area (Å²) in [5.41, 5.74) is 20.4. The summed E-state index contributed by atoms with van der Waals surface area (Å²) in [5.74, 6) is 0.664. The van der Waals surface area contributed by atoms with Crippen LogP contribution in [0.2, 0.25) is 0 Å². The molecule has 2 aromatic heterocycles. The Hall–Kier alpha value is -6.44. The summed E-state index contributed by atoms with van der Waals surface area (Å²) in [5, 5.41) is 5.33. The normalized spacial score (nSPS) is 16.2. The highest BCUT2D eigenvalue weighted by atomic mass is 14.9. The molecular weight excluding hydrogens is 639 g/mol. The van der Waals surface area contributed by atoms with Gasteiger partial charge < -0.3 is 4.40 Å². The molecule has 0 saturated carbocycles. The Morgan fingerprint density at radius 1 is 0.358 bits per heavy atom. The molecule has 2 heterocycles. The number of para-hydroxylation sites is 2. The van der Waals surface area contributed by atoms with Gasteiger partial charge in [0.1, 0.15) is 0 Å². The van der Waals surface area contributed by atoms with E-state index in [-0.39, 0.29) is 5.92 Å². The number of fused-ring (bicyclic) bond motifs is 12. The topological polar surface area (TPSA) is 4.41 Å². The molecule has 0 N–H and O–H groups in total. The standard InChI is InChI=1S/C52H35N/c1-2-11-32(12-3-1)46-29-35-23-21-33(27-47(35)39-14-5-4-13-38(39)46)34-22-24-36-30-49(41-16-7-6-15-40(41)48(36)28-34)37-25-26-43-45-19-10-18-44-42-17-8-9-20-50(42)53(52(44)45)51(43)31-37/h1-28,31,46,49H,29-30H2. The van der Waals surface area contributed by atoms with Crippen LogP contribution in [-0.4, -0.2) is 4.40 Å². The van der Waals surface area contributed by atoms with Gasteiger partial charge in [0.2, 0.25) is 0 Å². The fourth-order valence-corrected chi connectivity index (χ4v) is 10.1. The lowest BCUT2D eigenvalue weighted by Crippen LogP contribution is -2.13. The lowest BCUT2D eigenvalue weighted by molar-refractivity contribution is 0.793. The molecule has 0 spiro atoms. The molecule has 0 saturated heterocycles. The van der Waals surface area contributed by atoms with E-state index in [4.69, 9.17) is 0 Å². The van der Waals surface area contributed by atoms with Crippen LogP contribution in [-0.2, 0) is 12.8 Å². The Morgan fingerprint density at radius 2 is 0.906 bits per heavy atom. The Balaban J connectivity index is 0.950. The predicted molar refractivity (Wildman–Crippen MR) is 221 cm³/mol. The molecule has 0 amide bonds. The van der Waals surface area contributed by atoms with Crippen LogP contribution >= 0.6 is 0 Å². The first kappa shape index (κ1) is 29.2. The van der Waals surface area contributed by atoms with E-state index >= 15 is 0 Å². The third-order valence-electron chi connectivity index (χ3n) is 12.5. The van der Waals surface area contributed by atoms with Crippen molar-refractivity contribution in [3.8, 4) is 33.4 Å². The van der Waals surface area contributed by atoms with Gasteiger partial charge >= 0.3 is 0 Å². The Labute approximate surface area is 308 Å². The van der Waals surface area contributed by atoms with Gasteiger partial charge in [0, 0.05) is 33.4 Å². The number of benzene rings is 8. The molecule has 0 radical (unpaired) electrons. The van der Waals surface area contributed by atoms with Crippen LogP contribution in [0.4, 0.5) is 0 Å². The largest absolute Gasteiger partial charge is 0.308 e. The SMILES string of the molecule is c1ccc(C2Cc3ccc(-c4ccc5c(c4)-c4ccccc4C(c4ccc6c7cccc8c9ccccc9n(c6c4)c87)C5)cc3-c3ccccc32)cc1. The van der Waals surface area contributed by atoms with Crippen molar-refractivity contribution in [3.63, 3.8) is 0 Å². The van der Waals surface area contributed by atoms with E-state index in [9.17, 15) is 0 Å². The van der Waals surface area contributed by atoms with E-state index in [2.05, 4.69) is 180 Å². The monoisotopic (exact) mass is 673 g/mol. The zero-order valence-corrected chi connectivity index (χ0v) is 29.3. The minimum atomic E-state index is 0.286. The molecule has 0 fully saturated rings. The maximum atomic E-state index is 2.51. The number of aromatic nitrogens is 1. The van der Waals surface area contributed by atoms with Crippen molar-refractivity contribution in [1.82, 2.24) is 4.40 Å². The molecule has 0 aliphatic heterocycles. The Morgan fingerprint density at radius 3 is 1.58 bits per heavy atom. The average Bonchev–Trinajstić information content (AvgIpc) is 3.75. The van der Waals surface area contributed by atoms with Crippen molar-refractivity contribution >= 4 is 38.1 Å². The van der Waals surface area contributed by atoms with E-state index in [1.165, 1.54) is 105 Å². The van der Waals surface area contributed by atoms with Crippen molar-refractivity contribution < 1.29 is 0 Å². The van der Waals surface area contributed by atoms with Gasteiger partial charge in [-0.1, -0.05) is 152 Å². The molecule has 2 aliphatic rings. The van der Waals surface area contributed by atoms with Crippen molar-refractivity contribution in [1.29, 1.82) is 0 Å². The molecule has 2 aliphatic carbocycles. The fraction of sp³-hybridized carbons (Fsp3) is 0.0769. The van der Waals surface area contributed by atoms with Gasteiger partial charge in [-0.2, -0.15) is 0 Å². The Kier molecular flexibility index (Phi) is 6.07. The van der Waals surface area contributed by atoms with Crippen molar-refractivity contribution in [3.05, 3.63) is 209 Å². The number of hydrogen-bond donors (Lipinski definition) is 0. The second-order valence-corrected chi connectivity index (χ2v) is 15.2. The average molecular weight is 674 g/mol. The van der Waals surface area contributed by atoms with Crippen molar-refractivity contribution in [2.24, 2.45) is 0 Å². The van der Waals surface area contributed by atoms with E-state index in [0.717, 1.165) is 12.8 Å². The molecule has 0 bridgehead atoms. The van der Waals surface area contributed by atoms with Gasteiger partial charge in [0.15, 0.2) is 0 Å². The third kappa shape index (κ3) is 4.19. The van der Waals surface area contributed by atoms with Crippen LogP contribution in [0.25, 0.3) is 71.5 Å². The lowest BCUT2D eigenvalue weighted by Gasteiger charge is -2.30. The van der Waals surface area contributed by atoms with E-state index in [1.807, 2.05) is 0 Å². The predicted octanol–water partition coefficient (Wildman–Crippen LogP) is 13.2. The second-order valence-electron chi connectivity index (χ2n) is 15.2. The first-order valence-electron chi connectivity index (χ1n) is 18.9. The van der Waals surface area contributed by atoms with Crippen LogP contribution in [0, 0.1) is 0 Å². The van der Waals surface area contributed by atoms with Gasteiger partial charge in [-0.05, 0) is 104 Å². The molecule has 1 heteroatoms. The van der Waals surface area contributed by atoms with E-state index in [0.29, 0.717) is 5.92 Å². The molecule has 53 heavy (non-hydrogen) atoms. The number of hydrogen-bond acceptors (Lipinski definition) is 0. The quantitative estimate of drug-likeness (QED) is 0.176. The summed E-state index contributed by atoms with van der Waals surface area (Å²) in [6.45, 7) is 0. The van der Waals surface area contributed by atoms with E-state index < -0.39 is 0 Å². The first-order chi connectivity index (χ1) is 26.3. The zero-order chi connectivity index (χ0) is 34.6. The van der Waals surface area contributed by atoms with Gasteiger partial charge in [0.05, 0.1) is 16.6 Å². The van der Waals surface area contributed by atoms with Gasteiger partial charge in [0.25, 0.3) is 0 Å². The van der Waals surface area contributed by atoms with Crippen LogP contribution in [0.1, 0.15) is 45.2 Å². The smallest absolute Gasteiger partial charge is 0.0620 e. The molecule has 248 valence electrons. The number of rotatable bonds is 3. The summed E-state index contributed by atoms with van der Waals surface area (Å²) in [6, 6.07) is 66.4. The minimum Gasteiger partial charge on any atom is -0.308 e. The number of nitrogens with zero attached hydrogens (tertiary/aromatic N) is 1. The van der Waals surface area contributed by atoms with Crippen molar-refractivity contribution in [2.75, 3.05) is 0 Å². The van der Waals surface area contributed by atoms with E-state index in [1.54, 1.807) is 0 Å². The van der Waals surface area contributed by atoms with Crippen LogP contribution in [0.5, 0.6) is 0 Å². The molecule has 2 atom stereocenters. The summed E-state index contributed by atoms with van der Waals surface area (Å²) in [7, 11) is 0. The molecule has 8 aromatic carbocycles. The van der Waals surface area contributed by atoms with Crippen LogP contribution in [0.3, 0.4) is 0 Å². The first-order valence-corrected chi connectivity index (χ1v) is 18.9. The summed E-state index contributed by atoms with van der Waals surface area (Å²) < 4.78 is 2.51. The molecule has 2 unspecified atom stereocenters. The fourth-order valence-electron chi connectivity index (χ4n) is 10.1. The van der Waals surface area contributed by atoms with Gasteiger partial charge in [-0.25, -0.2) is 0 Å². The highest BCUT2D eigenvalue weighted by Crippen LogP contribution is 2.48. The molecular formula is C52H35N. The summed E-state index contributed by atoms with van der Waals surface area (Å²) >= 11 is 0. The maximum Gasteiger partial charge on any atom is 0.0620 e.